The van der Waals surface area contributed by atoms with Crippen molar-refractivity contribution in [1.82, 2.24) is 5.32 Å². The van der Waals surface area contributed by atoms with E-state index in [1.165, 1.54) is 37.7 Å². The van der Waals surface area contributed by atoms with E-state index in [-0.39, 0.29) is 11.8 Å². The number of carbonyl (C=O) groups is 1. The average molecular weight is 318 g/mol. The van der Waals surface area contributed by atoms with E-state index in [2.05, 4.69) is 40.6 Å². The SMILES string of the molecule is O=C(Nc1cccc(CSC2CCCCC2)c1)C1CCNC1. The van der Waals surface area contributed by atoms with E-state index in [1.807, 2.05) is 6.07 Å². The van der Waals surface area contributed by atoms with E-state index >= 15 is 0 Å². The van der Waals surface area contributed by atoms with E-state index in [0.29, 0.717) is 0 Å². The molecule has 1 heterocycles. The van der Waals surface area contributed by atoms with Crippen LogP contribution in [0.2, 0.25) is 0 Å². The number of thioether (sulfide) groups is 1. The topological polar surface area (TPSA) is 41.1 Å². The van der Waals surface area contributed by atoms with Gasteiger partial charge >= 0.3 is 0 Å². The molecule has 0 bridgehead atoms. The highest BCUT2D eigenvalue weighted by Crippen LogP contribution is 2.30. The van der Waals surface area contributed by atoms with E-state index in [1.54, 1.807) is 0 Å². The molecule has 1 aliphatic carbocycles. The highest BCUT2D eigenvalue weighted by atomic mass is 32.2. The van der Waals surface area contributed by atoms with Gasteiger partial charge in [-0.15, -0.1) is 0 Å². The summed E-state index contributed by atoms with van der Waals surface area (Å²) in [4.78, 5) is 12.2. The van der Waals surface area contributed by atoms with Crippen molar-refractivity contribution in [3.05, 3.63) is 29.8 Å². The lowest BCUT2D eigenvalue weighted by Gasteiger charge is -2.21. The lowest BCUT2D eigenvalue weighted by atomic mass is 10.0. The van der Waals surface area contributed by atoms with Gasteiger partial charge in [0.2, 0.25) is 5.91 Å². The molecule has 2 fully saturated rings. The first-order chi connectivity index (χ1) is 10.8. The van der Waals surface area contributed by atoms with Crippen LogP contribution >= 0.6 is 11.8 Å². The minimum atomic E-state index is 0.125. The van der Waals surface area contributed by atoms with Crippen LogP contribution in [0.15, 0.2) is 24.3 Å². The predicted octanol–water partition coefficient (Wildman–Crippen LogP) is 3.80. The first-order valence-corrected chi connectivity index (χ1v) is 9.58. The summed E-state index contributed by atoms with van der Waals surface area (Å²) in [6.07, 6.45) is 7.88. The Kier molecular flexibility index (Phi) is 5.79. The second-order valence-corrected chi connectivity index (χ2v) is 7.74. The number of amides is 1. The van der Waals surface area contributed by atoms with Gasteiger partial charge in [0, 0.05) is 23.2 Å². The largest absolute Gasteiger partial charge is 0.326 e. The fourth-order valence-corrected chi connectivity index (χ4v) is 4.58. The minimum Gasteiger partial charge on any atom is -0.326 e. The van der Waals surface area contributed by atoms with Gasteiger partial charge in [-0.2, -0.15) is 11.8 Å². The van der Waals surface area contributed by atoms with E-state index in [9.17, 15) is 4.79 Å². The molecule has 1 aromatic carbocycles. The molecule has 1 aliphatic heterocycles. The van der Waals surface area contributed by atoms with Crippen LogP contribution in [0.25, 0.3) is 0 Å². The van der Waals surface area contributed by atoms with Gasteiger partial charge in [0.05, 0.1) is 5.92 Å². The summed E-state index contributed by atoms with van der Waals surface area (Å²) in [7, 11) is 0. The molecule has 22 heavy (non-hydrogen) atoms. The number of hydrogen-bond donors (Lipinski definition) is 2. The number of hydrogen-bond acceptors (Lipinski definition) is 3. The Morgan fingerprint density at radius 3 is 2.86 bits per heavy atom. The van der Waals surface area contributed by atoms with Gasteiger partial charge in [-0.25, -0.2) is 0 Å². The summed E-state index contributed by atoms with van der Waals surface area (Å²) in [5, 5.41) is 7.15. The fourth-order valence-electron chi connectivity index (χ4n) is 3.31. The number of carbonyl (C=O) groups excluding carboxylic acids is 1. The number of nitrogens with one attached hydrogen (secondary N) is 2. The Balaban J connectivity index is 1.51. The van der Waals surface area contributed by atoms with Crippen LogP contribution in [0.3, 0.4) is 0 Å². The maximum Gasteiger partial charge on any atom is 0.228 e. The maximum absolute atomic E-state index is 12.2. The van der Waals surface area contributed by atoms with Crippen molar-refractivity contribution in [2.75, 3.05) is 18.4 Å². The van der Waals surface area contributed by atoms with Gasteiger partial charge in [-0.3, -0.25) is 4.79 Å². The molecule has 1 saturated heterocycles. The van der Waals surface area contributed by atoms with Crippen molar-refractivity contribution >= 4 is 23.4 Å². The highest BCUT2D eigenvalue weighted by molar-refractivity contribution is 7.99. The normalized spacial score (nSPS) is 22.6. The van der Waals surface area contributed by atoms with Crippen molar-refractivity contribution < 1.29 is 4.79 Å². The van der Waals surface area contributed by atoms with Gasteiger partial charge in [0.1, 0.15) is 0 Å². The van der Waals surface area contributed by atoms with Crippen LogP contribution in [0.1, 0.15) is 44.1 Å². The Morgan fingerprint density at radius 1 is 1.23 bits per heavy atom. The number of anilines is 1. The maximum atomic E-state index is 12.2. The molecule has 1 aromatic rings. The molecule has 3 nitrogen and oxygen atoms in total. The molecule has 2 N–H and O–H groups in total. The second kappa shape index (κ2) is 8.02. The first kappa shape index (κ1) is 15.9. The molecular formula is C18H26N2OS. The van der Waals surface area contributed by atoms with Crippen molar-refractivity contribution in [2.24, 2.45) is 5.92 Å². The smallest absolute Gasteiger partial charge is 0.228 e. The van der Waals surface area contributed by atoms with Gasteiger partial charge in [0.25, 0.3) is 0 Å². The lowest BCUT2D eigenvalue weighted by Crippen LogP contribution is -2.24. The third-order valence-electron chi connectivity index (χ3n) is 4.66. The summed E-state index contributed by atoms with van der Waals surface area (Å²) in [6, 6.07) is 8.35. The van der Waals surface area contributed by atoms with Crippen LogP contribution < -0.4 is 10.6 Å². The summed E-state index contributed by atoms with van der Waals surface area (Å²) >= 11 is 2.08. The Labute approximate surface area is 137 Å². The van der Waals surface area contributed by atoms with Crippen LogP contribution in [-0.4, -0.2) is 24.2 Å². The Bertz CT molecular complexity index is 494. The predicted molar refractivity (Wildman–Crippen MR) is 94.2 cm³/mol. The van der Waals surface area contributed by atoms with Crippen LogP contribution in [0, 0.1) is 5.92 Å². The molecule has 1 amide bonds. The van der Waals surface area contributed by atoms with Crippen molar-refractivity contribution in [2.45, 2.75) is 49.5 Å². The van der Waals surface area contributed by atoms with Crippen LogP contribution in [0.4, 0.5) is 5.69 Å². The Morgan fingerprint density at radius 2 is 2.09 bits per heavy atom. The molecule has 0 aromatic heterocycles. The Hall–Kier alpha value is -1.00. The van der Waals surface area contributed by atoms with Crippen molar-refractivity contribution in [1.29, 1.82) is 0 Å². The molecule has 1 saturated carbocycles. The standard InChI is InChI=1S/C18H26N2OS/c21-18(15-9-10-19-12-15)20-16-6-4-5-14(11-16)13-22-17-7-2-1-3-8-17/h4-6,11,15,17,19H,1-3,7-10,12-13H2,(H,20,21). The zero-order valence-corrected chi connectivity index (χ0v) is 14.0. The zero-order chi connectivity index (χ0) is 15.2. The molecule has 0 spiro atoms. The van der Waals surface area contributed by atoms with Crippen LogP contribution in [0.5, 0.6) is 0 Å². The molecule has 0 radical (unpaired) electrons. The van der Waals surface area contributed by atoms with Gasteiger partial charge in [0.15, 0.2) is 0 Å². The third-order valence-corrected chi connectivity index (χ3v) is 6.11. The molecule has 120 valence electrons. The molecule has 1 atom stereocenters. The van der Waals surface area contributed by atoms with Crippen molar-refractivity contribution in [3.8, 4) is 0 Å². The number of rotatable bonds is 5. The fraction of sp³-hybridized carbons (Fsp3) is 0.611. The summed E-state index contributed by atoms with van der Waals surface area (Å²) < 4.78 is 0. The van der Waals surface area contributed by atoms with E-state index in [4.69, 9.17) is 0 Å². The zero-order valence-electron chi connectivity index (χ0n) is 13.1. The monoisotopic (exact) mass is 318 g/mol. The third kappa shape index (κ3) is 4.50. The van der Waals surface area contributed by atoms with Gasteiger partial charge in [-0.1, -0.05) is 31.4 Å². The number of benzene rings is 1. The molecular weight excluding hydrogens is 292 g/mol. The minimum absolute atomic E-state index is 0.125. The summed E-state index contributed by atoms with van der Waals surface area (Å²) in [5.41, 5.74) is 2.26. The van der Waals surface area contributed by atoms with Gasteiger partial charge in [-0.05, 0) is 43.5 Å². The van der Waals surface area contributed by atoms with E-state index in [0.717, 1.165) is 36.2 Å². The average Bonchev–Trinajstić information content (AvgIpc) is 3.09. The molecule has 3 rings (SSSR count). The summed E-state index contributed by atoms with van der Waals surface area (Å²) in [5.74, 6) is 1.33. The van der Waals surface area contributed by atoms with Crippen LogP contribution in [-0.2, 0) is 10.5 Å². The molecule has 4 heteroatoms. The van der Waals surface area contributed by atoms with E-state index < -0.39 is 0 Å². The first-order valence-electron chi connectivity index (χ1n) is 8.53. The van der Waals surface area contributed by atoms with Gasteiger partial charge < -0.3 is 10.6 Å². The lowest BCUT2D eigenvalue weighted by molar-refractivity contribution is -0.119. The second-order valence-electron chi connectivity index (χ2n) is 6.45. The molecule has 1 unspecified atom stereocenters. The quantitative estimate of drug-likeness (QED) is 0.867. The molecule has 2 aliphatic rings. The van der Waals surface area contributed by atoms with Crippen molar-refractivity contribution in [3.63, 3.8) is 0 Å². The highest BCUT2D eigenvalue weighted by Gasteiger charge is 2.22. The summed E-state index contributed by atoms with van der Waals surface area (Å²) in [6.45, 7) is 1.76.